The van der Waals surface area contributed by atoms with E-state index in [1.165, 1.54) is 5.69 Å². The van der Waals surface area contributed by atoms with Crippen LogP contribution in [0.15, 0.2) is 23.5 Å². The molecule has 2 aromatic rings. The third-order valence-corrected chi connectivity index (χ3v) is 4.87. The molecular formula is C19H31N7O. The molecule has 0 bridgehead atoms. The fourth-order valence-electron chi connectivity index (χ4n) is 3.47. The molecule has 0 aliphatic carbocycles. The first-order chi connectivity index (χ1) is 13.0. The van der Waals surface area contributed by atoms with Crippen LogP contribution in [0.4, 0.5) is 0 Å². The fourth-order valence-corrected chi connectivity index (χ4v) is 3.47. The van der Waals surface area contributed by atoms with Crippen LogP contribution in [0.5, 0.6) is 0 Å². The fraction of sp³-hybridized carbons (Fsp3) is 0.632. The first kappa shape index (κ1) is 19.4. The lowest BCUT2D eigenvalue weighted by Crippen LogP contribution is -2.49. The summed E-state index contributed by atoms with van der Waals surface area (Å²) < 4.78 is 9.82. The minimum absolute atomic E-state index is 0.0260. The van der Waals surface area contributed by atoms with Crippen LogP contribution in [0.3, 0.4) is 0 Å². The van der Waals surface area contributed by atoms with Crippen LogP contribution in [0.2, 0.25) is 0 Å². The molecule has 2 atom stereocenters. The molecule has 1 N–H and O–H groups in total. The Morgan fingerprint density at radius 1 is 1.44 bits per heavy atom. The Balaban J connectivity index is 1.54. The molecule has 1 aliphatic heterocycles. The van der Waals surface area contributed by atoms with Crippen LogP contribution in [-0.4, -0.2) is 63.7 Å². The van der Waals surface area contributed by atoms with E-state index in [4.69, 9.17) is 4.74 Å². The monoisotopic (exact) mass is 373 g/mol. The molecule has 2 unspecified atom stereocenters. The van der Waals surface area contributed by atoms with Gasteiger partial charge in [-0.25, -0.2) is 0 Å². The highest BCUT2D eigenvalue weighted by atomic mass is 16.5. The highest BCUT2D eigenvalue weighted by Gasteiger charge is 2.25. The molecule has 148 valence electrons. The van der Waals surface area contributed by atoms with E-state index >= 15 is 0 Å². The lowest BCUT2D eigenvalue weighted by atomic mass is 10.1. The van der Waals surface area contributed by atoms with E-state index in [-0.39, 0.29) is 6.10 Å². The molecule has 0 radical (unpaired) electrons. The number of morpholine rings is 1. The van der Waals surface area contributed by atoms with Gasteiger partial charge in [0.05, 0.1) is 25.0 Å². The molecule has 27 heavy (non-hydrogen) atoms. The van der Waals surface area contributed by atoms with Crippen molar-refractivity contribution in [1.82, 2.24) is 29.8 Å². The first-order valence-electron chi connectivity index (χ1n) is 9.53. The summed E-state index contributed by atoms with van der Waals surface area (Å²) in [7, 11) is 3.76. The highest BCUT2D eigenvalue weighted by Crippen LogP contribution is 2.21. The van der Waals surface area contributed by atoms with Crippen molar-refractivity contribution in [2.45, 2.75) is 33.4 Å². The number of aromatic nitrogens is 4. The minimum atomic E-state index is 0.0260. The third-order valence-electron chi connectivity index (χ3n) is 4.87. The van der Waals surface area contributed by atoms with Crippen molar-refractivity contribution in [3.63, 3.8) is 0 Å². The summed E-state index contributed by atoms with van der Waals surface area (Å²) >= 11 is 0. The summed E-state index contributed by atoms with van der Waals surface area (Å²) in [6, 6.07) is 2.12. The zero-order chi connectivity index (χ0) is 19.4. The smallest absolute Gasteiger partial charge is 0.193 e. The molecule has 8 nitrogen and oxygen atoms in total. The summed E-state index contributed by atoms with van der Waals surface area (Å²) in [4.78, 5) is 6.74. The van der Waals surface area contributed by atoms with Crippen molar-refractivity contribution in [1.29, 1.82) is 0 Å². The lowest BCUT2D eigenvalue weighted by Gasteiger charge is -2.35. The Labute approximate surface area is 161 Å². The first-order valence-corrected chi connectivity index (χ1v) is 9.53. The van der Waals surface area contributed by atoms with Gasteiger partial charge >= 0.3 is 0 Å². The molecule has 8 heteroatoms. The van der Waals surface area contributed by atoms with Crippen molar-refractivity contribution in [3.05, 3.63) is 35.4 Å². The van der Waals surface area contributed by atoms with Crippen molar-refractivity contribution < 1.29 is 4.74 Å². The van der Waals surface area contributed by atoms with Gasteiger partial charge < -0.3 is 15.0 Å². The second kappa shape index (κ2) is 8.56. The minimum Gasteiger partial charge on any atom is -0.370 e. The summed E-state index contributed by atoms with van der Waals surface area (Å²) in [5, 5.41) is 12.3. The quantitative estimate of drug-likeness (QED) is 0.635. The molecule has 3 heterocycles. The van der Waals surface area contributed by atoms with Crippen LogP contribution in [0.25, 0.3) is 0 Å². The largest absolute Gasteiger partial charge is 0.370 e. The summed E-state index contributed by atoms with van der Waals surface area (Å²) in [5.74, 6) is 1.36. The van der Waals surface area contributed by atoms with Crippen LogP contribution in [0, 0.1) is 19.8 Å². The maximum absolute atomic E-state index is 5.93. The number of aliphatic imine (C=N–C) groups is 1. The average molecular weight is 374 g/mol. The van der Waals surface area contributed by atoms with Crippen LogP contribution >= 0.6 is 0 Å². The topological polar surface area (TPSA) is 72.5 Å². The Kier molecular flexibility index (Phi) is 6.15. The number of nitrogens with zero attached hydrogens (tertiary/aromatic N) is 6. The molecule has 1 saturated heterocycles. The number of aryl methyl sites for hydroxylation is 3. The number of hydrogen-bond acceptors (Lipinski definition) is 4. The Morgan fingerprint density at radius 2 is 2.26 bits per heavy atom. The van der Waals surface area contributed by atoms with E-state index in [0.29, 0.717) is 12.5 Å². The van der Waals surface area contributed by atoms with Gasteiger partial charge in [0, 0.05) is 51.2 Å². The second-order valence-electron chi connectivity index (χ2n) is 7.40. The SMILES string of the molecule is CN=C(NCC(C)Cn1nc(C)cc1C)N1CCOC(c2cnn(C)c2)C1. The molecule has 1 aliphatic rings. The molecule has 1 fully saturated rings. The molecule has 0 spiro atoms. The summed E-state index contributed by atoms with van der Waals surface area (Å²) in [6.07, 6.45) is 3.92. The number of rotatable bonds is 5. The van der Waals surface area contributed by atoms with Crippen LogP contribution in [-0.2, 0) is 18.3 Å². The van der Waals surface area contributed by atoms with E-state index in [2.05, 4.69) is 50.0 Å². The van der Waals surface area contributed by atoms with E-state index in [0.717, 1.165) is 43.4 Å². The van der Waals surface area contributed by atoms with Crippen molar-refractivity contribution in [3.8, 4) is 0 Å². The van der Waals surface area contributed by atoms with E-state index in [1.807, 2.05) is 38.1 Å². The highest BCUT2D eigenvalue weighted by molar-refractivity contribution is 5.80. The van der Waals surface area contributed by atoms with Gasteiger partial charge in [-0.05, 0) is 25.8 Å². The van der Waals surface area contributed by atoms with Crippen molar-refractivity contribution >= 4 is 5.96 Å². The second-order valence-corrected chi connectivity index (χ2v) is 7.40. The van der Waals surface area contributed by atoms with E-state index < -0.39 is 0 Å². The van der Waals surface area contributed by atoms with E-state index in [9.17, 15) is 0 Å². The Bertz CT molecular complexity index is 779. The maximum Gasteiger partial charge on any atom is 0.193 e. The van der Waals surface area contributed by atoms with Crippen molar-refractivity contribution in [2.24, 2.45) is 18.0 Å². The molecular weight excluding hydrogens is 342 g/mol. The van der Waals surface area contributed by atoms with Gasteiger partial charge in [0.15, 0.2) is 5.96 Å². The van der Waals surface area contributed by atoms with Crippen LogP contribution in [0.1, 0.15) is 30.0 Å². The van der Waals surface area contributed by atoms with Gasteiger partial charge in [-0.15, -0.1) is 0 Å². The molecule has 0 saturated carbocycles. The zero-order valence-corrected chi connectivity index (χ0v) is 17.0. The van der Waals surface area contributed by atoms with Gasteiger partial charge in [-0.2, -0.15) is 10.2 Å². The predicted octanol–water partition coefficient (Wildman–Crippen LogP) is 1.52. The summed E-state index contributed by atoms with van der Waals surface area (Å²) in [6.45, 7) is 10.4. The normalized spacial score (nSPS) is 19.4. The lowest BCUT2D eigenvalue weighted by molar-refractivity contribution is -0.00808. The number of guanidine groups is 1. The summed E-state index contributed by atoms with van der Waals surface area (Å²) in [5.41, 5.74) is 3.38. The number of ether oxygens (including phenoxy) is 1. The molecule has 3 rings (SSSR count). The Morgan fingerprint density at radius 3 is 2.89 bits per heavy atom. The Hall–Kier alpha value is -2.35. The molecule has 0 aromatic carbocycles. The average Bonchev–Trinajstić information content (AvgIpc) is 3.21. The predicted molar refractivity (Wildman–Crippen MR) is 106 cm³/mol. The molecule has 0 amide bonds. The number of hydrogen-bond donors (Lipinski definition) is 1. The van der Waals surface area contributed by atoms with Crippen molar-refractivity contribution in [2.75, 3.05) is 33.3 Å². The van der Waals surface area contributed by atoms with Gasteiger partial charge in [0.1, 0.15) is 6.10 Å². The van der Waals surface area contributed by atoms with Gasteiger partial charge in [0.2, 0.25) is 0 Å². The van der Waals surface area contributed by atoms with Gasteiger partial charge in [-0.3, -0.25) is 14.4 Å². The maximum atomic E-state index is 5.93. The van der Waals surface area contributed by atoms with E-state index in [1.54, 1.807) is 0 Å². The standard InChI is InChI=1S/C19H31N7O/c1-14(11-26-16(3)8-15(2)23-26)9-21-19(20-4)25-6-7-27-18(13-25)17-10-22-24(5)12-17/h8,10,12,14,18H,6-7,9,11,13H2,1-5H3,(H,20,21). The van der Waals surface area contributed by atoms with Gasteiger partial charge in [-0.1, -0.05) is 6.92 Å². The molecule has 2 aromatic heterocycles. The van der Waals surface area contributed by atoms with Crippen LogP contribution < -0.4 is 5.32 Å². The third kappa shape index (κ3) is 4.88. The number of nitrogens with one attached hydrogen (secondary N) is 1. The zero-order valence-electron chi connectivity index (χ0n) is 17.0. The van der Waals surface area contributed by atoms with Gasteiger partial charge in [0.25, 0.3) is 0 Å².